The zero-order valence-electron chi connectivity index (χ0n) is 14.1. The summed E-state index contributed by atoms with van der Waals surface area (Å²) in [7, 11) is 1.66. The Morgan fingerprint density at radius 1 is 1.04 bits per heavy atom. The first-order chi connectivity index (χ1) is 12.2. The van der Waals surface area contributed by atoms with Gasteiger partial charge in [0.15, 0.2) is 0 Å². The highest BCUT2D eigenvalue weighted by atomic mass is 16.5. The van der Waals surface area contributed by atoms with E-state index < -0.39 is 0 Å². The molecule has 0 spiro atoms. The monoisotopic (exact) mass is 339 g/mol. The molecule has 0 fully saturated rings. The van der Waals surface area contributed by atoms with E-state index in [9.17, 15) is 4.79 Å². The van der Waals surface area contributed by atoms with Crippen LogP contribution in [0.4, 0.5) is 10.5 Å². The minimum atomic E-state index is -0.238. The third-order valence-electron chi connectivity index (χ3n) is 3.39. The lowest BCUT2D eigenvalue weighted by Crippen LogP contribution is -2.29. The number of hydrogen-bond donors (Lipinski definition) is 2. The van der Waals surface area contributed by atoms with E-state index in [0.717, 1.165) is 12.8 Å². The standard InChI is InChI=1S/C19H21N3O3/c1-24-13-3-2-12-21-19(23)22-16-6-10-18(11-7-16)25-17-8-4-15(14-20)5-9-17/h4-11H,2-3,12-13H2,1H3,(H2,21,22,23). The molecule has 0 unspecified atom stereocenters. The Balaban J connectivity index is 1.79. The van der Waals surface area contributed by atoms with Gasteiger partial charge in [-0.15, -0.1) is 0 Å². The number of urea groups is 1. The highest BCUT2D eigenvalue weighted by Crippen LogP contribution is 2.23. The van der Waals surface area contributed by atoms with Crippen molar-refractivity contribution >= 4 is 11.7 Å². The second-order valence-electron chi connectivity index (χ2n) is 5.34. The van der Waals surface area contributed by atoms with Crippen LogP contribution in [0.1, 0.15) is 18.4 Å². The molecule has 2 aromatic carbocycles. The van der Waals surface area contributed by atoms with Crippen molar-refractivity contribution in [2.24, 2.45) is 0 Å². The number of anilines is 1. The number of unbranched alkanes of at least 4 members (excludes halogenated alkanes) is 1. The maximum atomic E-state index is 11.8. The summed E-state index contributed by atoms with van der Waals surface area (Å²) in [6.45, 7) is 1.30. The van der Waals surface area contributed by atoms with E-state index in [2.05, 4.69) is 16.7 Å². The first kappa shape index (κ1) is 18.3. The predicted octanol–water partition coefficient (Wildman–Crippen LogP) is 3.90. The smallest absolute Gasteiger partial charge is 0.319 e. The number of nitriles is 1. The van der Waals surface area contributed by atoms with Gasteiger partial charge in [-0.2, -0.15) is 5.26 Å². The van der Waals surface area contributed by atoms with Gasteiger partial charge in [0.1, 0.15) is 11.5 Å². The van der Waals surface area contributed by atoms with Gasteiger partial charge in [0, 0.05) is 25.9 Å². The molecule has 0 aliphatic heterocycles. The molecule has 6 heteroatoms. The molecule has 0 aliphatic rings. The van der Waals surface area contributed by atoms with Gasteiger partial charge in [0.2, 0.25) is 0 Å². The van der Waals surface area contributed by atoms with Crippen LogP contribution in [0, 0.1) is 11.3 Å². The Hall–Kier alpha value is -3.04. The fourth-order valence-corrected chi connectivity index (χ4v) is 2.09. The Morgan fingerprint density at radius 3 is 2.28 bits per heavy atom. The molecule has 0 atom stereocenters. The van der Waals surface area contributed by atoms with Crippen LogP contribution in [-0.2, 0) is 4.74 Å². The molecule has 0 saturated carbocycles. The van der Waals surface area contributed by atoms with Gasteiger partial charge >= 0.3 is 6.03 Å². The summed E-state index contributed by atoms with van der Waals surface area (Å²) >= 11 is 0. The molecule has 0 radical (unpaired) electrons. The molecule has 6 nitrogen and oxygen atoms in total. The first-order valence-corrected chi connectivity index (χ1v) is 8.03. The molecule has 0 aromatic heterocycles. The number of amides is 2. The molecule has 0 heterocycles. The van der Waals surface area contributed by atoms with Crippen LogP contribution in [0.2, 0.25) is 0 Å². The molecular formula is C19H21N3O3. The number of rotatable bonds is 8. The van der Waals surface area contributed by atoms with Crippen LogP contribution < -0.4 is 15.4 Å². The summed E-state index contributed by atoms with van der Waals surface area (Å²) in [5, 5.41) is 14.3. The Kier molecular flexibility index (Phi) is 7.29. The van der Waals surface area contributed by atoms with Crippen molar-refractivity contribution in [1.29, 1.82) is 5.26 Å². The highest BCUT2D eigenvalue weighted by molar-refractivity contribution is 5.89. The molecule has 130 valence electrons. The summed E-state index contributed by atoms with van der Waals surface area (Å²) in [5.41, 5.74) is 1.27. The Labute approximate surface area is 147 Å². The van der Waals surface area contributed by atoms with Crippen LogP contribution in [-0.4, -0.2) is 26.3 Å². The molecule has 25 heavy (non-hydrogen) atoms. The van der Waals surface area contributed by atoms with Crippen molar-refractivity contribution in [3.05, 3.63) is 54.1 Å². The number of hydrogen-bond acceptors (Lipinski definition) is 4. The number of nitrogens with one attached hydrogen (secondary N) is 2. The van der Waals surface area contributed by atoms with Crippen LogP contribution in [0.15, 0.2) is 48.5 Å². The van der Waals surface area contributed by atoms with Crippen molar-refractivity contribution in [2.45, 2.75) is 12.8 Å². The van der Waals surface area contributed by atoms with Crippen molar-refractivity contribution in [3.63, 3.8) is 0 Å². The number of carbonyl (C=O) groups is 1. The highest BCUT2D eigenvalue weighted by Gasteiger charge is 2.02. The second kappa shape index (κ2) is 9.96. The number of ether oxygens (including phenoxy) is 2. The van der Waals surface area contributed by atoms with Gasteiger partial charge < -0.3 is 20.1 Å². The Morgan fingerprint density at radius 2 is 1.68 bits per heavy atom. The van der Waals surface area contributed by atoms with Crippen molar-refractivity contribution in [1.82, 2.24) is 5.32 Å². The second-order valence-corrected chi connectivity index (χ2v) is 5.34. The fraction of sp³-hybridized carbons (Fsp3) is 0.263. The summed E-state index contributed by atoms with van der Waals surface area (Å²) in [6.07, 6.45) is 1.79. The molecule has 0 bridgehead atoms. The fourth-order valence-electron chi connectivity index (χ4n) is 2.09. The first-order valence-electron chi connectivity index (χ1n) is 8.03. The van der Waals surface area contributed by atoms with Crippen molar-refractivity contribution in [2.75, 3.05) is 25.6 Å². The molecule has 0 aliphatic carbocycles. The summed E-state index contributed by atoms with van der Waals surface area (Å²) < 4.78 is 10.6. The van der Waals surface area contributed by atoms with E-state index in [1.165, 1.54) is 0 Å². The van der Waals surface area contributed by atoms with Crippen molar-refractivity contribution in [3.8, 4) is 17.6 Å². The zero-order chi connectivity index (χ0) is 17.9. The average Bonchev–Trinajstić information content (AvgIpc) is 2.64. The average molecular weight is 339 g/mol. The van der Waals surface area contributed by atoms with Gasteiger partial charge in [-0.3, -0.25) is 0 Å². The number of methoxy groups -OCH3 is 1. The number of carbonyl (C=O) groups excluding carboxylic acids is 1. The van der Waals surface area contributed by atoms with Crippen LogP contribution in [0.25, 0.3) is 0 Å². The van der Waals surface area contributed by atoms with Crippen LogP contribution in [0.5, 0.6) is 11.5 Å². The topological polar surface area (TPSA) is 83.4 Å². The van der Waals surface area contributed by atoms with E-state index in [4.69, 9.17) is 14.7 Å². The predicted molar refractivity (Wildman–Crippen MR) is 95.8 cm³/mol. The molecule has 2 N–H and O–H groups in total. The largest absolute Gasteiger partial charge is 0.457 e. The van der Waals surface area contributed by atoms with Crippen LogP contribution >= 0.6 is 0 Å². The van der Waals surface area contributed by atoms with Gasteiger partial charge in [-0.25, -0.2) is 4.79 Å². The minimum absolute atomic E-state index is 0.238. The summed E-state index contributed by atoms with van der Waals surface area (Å²) in [5.74, 6) is 1.30. The van der Waals surface area contributed by atoms with E-state index in [1.807, 2.05) is 0 Å². The SMILES string of the molecule is COCCCCNC(=O)Nc1ccc(Oc2ccc(C#N)cc2)cc1. The number of nitrogens with zero attached hydrogens (tertiary/aromatic N) is 1. The molecular weight excluding hydrogens is 318 g/mol. The molecule has 0 saturated heterocycles. The van der Waals surface area contributed by atoms with Crippen LogP contribution in [0.3, 0.4) is 0 Å². The third kappa shape index (κ3) is 6.53. The quantitative estimate of drug-likeness (QED) is 0.715. The minimum Gasteiger partial charge on any atom is -0.457 e. The Bertz CT molecular complexity index is 706. The maximum Gasteiger partial charge on any atom is 0.319 e. The lowest BCUT2D eigenvalue weighted by atomic mass is 10.2. The lowest BCUT2D eigenvalue weighted by molar-refractivity contribution is 0.192. The van der Waals surface area contributed by atoms with Gasteiger partial charge in [-0.05, 0) is 61.4 Å². The summed E-state index contributed by atoms with van der Waals surface area (Å²) in [6, 6.07) is 15.8. The van der Waals surface area contributed by atoms with E-state index >= 15 is 0 Å². The summed E-state index contributed by atoms with van der Waals surface area (Å²) in [4.78, 5) is 11.8. The lowest BCUT2D eigenvalue weighted by Gasteiger charge is -2.09. The number of benzene rings is 2. The third-order valence-corrected chi connectivity index (χ3v) is 3.39. The molecule has 2 rings (SSSR count). The van der Waals surface area contributed by atoms with E-state index in [-0.39, 0.29) is 6.03 Å². The molecule has 2 amide bonds. The van der Waals surface area contributed by atoms with E-state index in [0.29, 0.717) is 35.9 Å². The maximum absolute atomic E-state index is 11.8. The van der Waals surface area contributed by atoms with Gasteiger partial charge in [0.25, 0.3) is 0 Å². The molecule has 2 aromatic rings. The van der Waals surface area contributed by atoms with Gasteiger partial charge in [0.05, 0.1) is 11.6 Å². The zero-order valence-corrected chi connectivity index (χ0v) is 14.1. The van der Waals surface area contributed by atoms with Crippen molar-refractivity contribution < 1.29 is 14.3 Å². The van der Waals surface area contributed by atoms with E-state index in [1.54, 1.807) is 55.6 Å². The normalized spacial score (nSPS) is 9.92. The van der Waals surface area contributed by atoms with Gasteiger partial charge in [-0.1, -0.05) is 0 Å².